The van der Waals surface area contributed by atoms with E-state index in [4.69, 9.17) is 11.6 Å². The average Bonchev–Trinajstić information content (AvgIpc) is 3.30. The third kappa shape index (κ3) is 6.53. The van der Waals surface area contributed by atoms with Gasteiger partial charge in [0.05, 0.1) is 29.2 Å². The van der Waals surface area contributed by atoms with E-state index in [9.17, 15) is 17.6 Å². The first-order chi connectivity index (χ1) is 17.3. The maximum absolute atomic E-state index is 14.6. The highest BCUT2D eigenvalue weighted by Gasteiger charge is 2.27. The number of benzene rings is 1. The maximum atomic E-state index is 14.6. The van der Waals surface area contributed by atoms with Crippen molar-refractivity contribution in [2.24, 2.45) is 0 Å². The van der Waals surface area contributed by atoms with Gasteiger partial charge in [-0.1, -0.05) is 32.4 Å². The van der Waals surface area contributed by atoms with Crippen LogP contribution in [0.2, 0.25) is 5.02 Å². The summed E-state index contributed by atoms with van der Waals surface area (Å²) in [4.78, 5) is 27.6. The number of carbonyl (C=O) groups is 1. The van der Waals surface area contributed by atoms with E-state index >= 15 is 0 Å². The van der Waals surface area contributed by atoms with Gasteiger partial charge in [0.15, 0.2) is 0 Å². The lowest BCUT2D eigenvalue weighted by molar-refractivity contribution is 0.168. The Kier molecular flexibility index (Phi) is 8.40. The number of carbonyl (C=O) groups excluding carboxylic acids is 1. The molecule has 0 spiro atoms. The van der Waals surface area contributed by atoms with Crippen LogP contribution in [0.5, 0.6) is 0 Å². The number of imidazole rings is 1. The first kappa shape index (κ1) is 28.3. The molecule has 2 aromatic heterocycles. The summed E-state index contributed by atoms with van der Waals surface area (Å²) >= 11 is 6.50. The summed E-state index contributed by atoms with van der Waals surface area (Å²) < 4.78 is 46.3. The highest BCUT2D eigenvalue weighted by molar-refractivity contribution is 7.89. The Labute approximate surface area is 219 Å². The highest BCUT2D eigenvalue weighted by atomic mass is 35.5. The molecule has 0 bridgehead atoms. The summed E-state index contributed by atoms with van der Waals surface area (Å²) in [5.74, 6) is 0.0224. The van der Waals surface area contributed by atoms with Crippen LogP contribution < -0.4 is 15.4 Å². The van der Waals surface area contributed by atoms with Gasteiger partial charge in [-0.3, -0.25) is 0 Å². The Balaban J connectivity index is 2.10. The van der Waals surface area contributed by atoms with E-state index in [1.807, 2.05) is 20.8 Å². The number of halogens is 2. The number of aromatic nitrogens is 4. The summed E-state index contributed by atoms with van der Waals surface area (Å²) in [6, 6.07) is 3.33. The average molecular weight is 554 g/mol. The molecule has 0 aliphatic rings. The SMILES string of the molecule is CNS(=O)(=O)c1cc(F)cc(-c2nc(C(C)(C)C)[nH]c2-c2ccnc(NC[C@H](C)NC(=O)OC)n2)c1Cl. The third-order valence-electron chi connectivity index (χ3n) is 5.26. The van der Waals surface area contributed by atoms with Crippen LogP contribution in [0.1, 0.15) is 33.5 Å². The number of anilines is 1. The molecule has 0 aliphatic heterocycles. The van der Waals surface area contributed by atoms with Gasteiger partial charge in [0, 0.05) is 29.8 Å². The van der Waals surface area contributed by atoms with E-state index in [0.717, 1.165) is 12.1 Å². The van der Waals surface area contributed by atoms with Crippen LogP contribution >= 0.6 is 11.6 Å². The first-order valence-electron chi connectivity index (χ1n) is 11.2. The molecule has 1 aromatic carbocycles. The second-order valence-electron chi connectivity index (χ2n) is 9.22. The number of aromatic amines is 1. The van der Waals surface area contributed by atoms with E-state index in [1.165, 1.54) is 20.4 Å². The van der Waals surface area contributed by atoms with Crippen LogP contribution in [0.3, 0.4) is 0 Å². The minimum Gasteiger partial charge on any atom is -0.453 e. The van der Waals surface area contributed by atoms with Gasteiger partial charge in [-0.2, -0.15) is 0 Å². The van der Waals surface area contributed by atoms with Crippen LogP contribution in [-0.4, -0.2) is 61.2 Å². The molecular formula is C23H29ClFN7O4S. The fourth-order valence-electron chi connectivity index (χ4n) is 3.29. The van der Waals surface area contributed by atoms with Crippen molar-refractivity contribution in [1.29, 1.82) is 0 Å². The van der Waals surface area contributed by atoms with Crippen LogP contribution in [0.4, 0.5) is 15.1 Å². The number of nitrogens with zero attached hydrogens (tertiary/aromatic N) is 3. The molecule has 2 heterocycles. The molecule has 200 valence electrons. The number of rotatable bonds is 8. The fraction of sp³-hybridized carbons (Fsp3) is 0.391. The quantitative estimate of drug-likeness (QED) is 0.330. The molecule has 11 nitrogen and oxygen atoms in total. The number of H-pyrrole nitrogens is 1. The van der Waals surface area contributed by atoms with E-state index in [0.29, 0.717) is 23.8 Å². The van der Waals surface area contributed by atoms with Gasteiger partial charge in [0.2, 0.25) is 16.0 Å². The summed E-state index contributed by atoms with van der Waals surface area (Å²) in [6.45, 7) is 7.89. The molecule has 0 saturated carbocycles. The zero-order valence-electron chi connectivity index (χ0n) is 21.2. The van der Waals surface area contributed by atoms with Crippen molar-refractivity contribution < 1.29 is 22.3 Å². The Morgan fingerprint density at radius 1 is 1.27 bits per heavy atom. The zero-order chi connectivity index (χ0) is 27.5. The lowest BCUT2D eigenvalue weighted by atomic mass is 9.96. The van der Waals surface area contributed by atoms with Crippen molar-refractivity contribution in [2.75, 3.05) is 26.0 Å². The predicted octanol–water partition coefficient (Wildman–Crippen LogP) is 3.69. The smallest absolute Gasteiger partial charge is 0.407 e. The topological polar surface area (TPSA) is 151 Å². The van der Waals surface area contributed by atoms with Crippen LogP contribution in [0, 0.1) is 5.82 Å². The monoisotopic (exact) mass is 553 g/mol. The molecule has 0 fully saturated rings. The van der Waals surface area contributed by atoms with Gasteiger partial charge in [0.25, 0.3) is 0 Å². The molecule has 14 heteroatoms. The van der Waals surface area contributed by atoms with Crippen molar-refractivity contribution in [3.63, 3.8) is 0 Å². The number of sulfonamides is 1. The summed E-state index contributed by atoms with van der Waals surface area (Å²) in [7, 11) is -1.56. The van der Waals surface area contributed by atoms with Gasteiger partial charge in [-0.15, -0.1) is 0 Å². The molecule has 4 N–H and O–H groups in total. The minimum absolute atomic E-state index is 0.0845. The number of amides is 1. The summed E-state index contributed by atoms with van der Waals surface area (Å²) in [5.41, 5.74) is 0.683. The fourth-order valence-corrected chi connectivity index (χ4v) is 4.63. The standard InChI is InChI=1S/C23H29ClFN7O4S/c1-12(29-22(33)36-6)11-28-21-27-8-7-15(30-21)19-18(31-20(32-19)23(2,3)4)14-9-13(25)10-16(17(14)24)37(34,35)26-5/h7-10,12,26H,11H2,1-6H3,(H,29,33)(H,31,32)(H,27,28,30)/t12-/m0/s1. The van der Waals surface area contributed by atoms with Gasteiger partial charge in [0.1, 0.15) is 16.5 Å². The van der Waals surface area contributed by atoms with Gasteiger partial charge in [-0.05, 0) is 32.2 Å². The Hall–Kier alpha value is -3.29. The number of hydrogen-bond donors (Lipinski definition) is 4. The normalized spacial score (nSPS) is 12.8. The molecule has 0 unspecified atom stereocenters. The molecule has 3 aromatic rings. The summed E-state index contributed by atoms with van der Waals surface area (Å²) in [6.07, 6.45) is 0.960. The van der Waals surface area contributed by atoms with Gasteiger partial charge >= 0.3 is 6.09 Å². The van der Waals surface area contributed by atoms with Crippen molar-refractivity contribution >= 4 is 33.7 Å². The molecule has 1 amide bonds. The van der Waals surface area contributed by atoms with Crippen LogP contribution in [0.15, 0.2) is 29.3 Å². The maximum Gasteiger partial charge on any atom is 0.407 e. The lowest BCUT2D eigenvalue weighted by Gasteiger charge is -2.14. The Bertz CT molecular complexity index is 1410. The molecule has 0 saturated heterocycles. The second-order valence-corrected chi connectivity index (χ2v) is 11.4. The largest absolute Gasteiger partial charge is 0.453 e. The number of ether oxygens (including phenoxy) is 1. The zero-order valence-corrected chi connectivity index (χ0v) is 22.8. The van der Waals surface area contributed by atoms with E-state index in [1.54, 1.807) is 13.0 Å². The van der Waals surface area contributed by atoms with E-state index in [2.05, 4.69) is 40.0 Å². The third-order valence-corrected chi connectivity index (χ3v) is 7.22. The Morgan fingerprint density at radius 2 is 1.97 bits per heavy atom. The molecule has 3 rings (SSSR count). The van der Waals surface area contributed by atoms with Crippen molar-refractivity contribution in [3.05, 3.63) is 41.1 Å². The first-order valence-corrected chi connectivity index (χ1v) is 13.1. The van der Waals surface area contributed by atoms with Crippen LogP contribution in [-0.2, 0) is 20.2 Å². The van der Waals surface area contributed by atoms with Crippen molar-refractivity contribution in [1.82, 2.24) is 30.0 Å². The van der Waals surface area contributed by atoms with E-state index in [-0.39, 0.29) is 28.3 Å². The predicted molar refractivity (Wildman–Crippen MR) is 138 cm³/mol. The Morgan fingerprint density at radius 3 is 2.59 bits per heavy atom. The molecule has 0 aliphatic carbocycles. The van der Waals surface area contributed by atoms with Crippen molar-refractivity contribution in [2.45, 2.75) is 44.0 Å². The molecular weight excluding hydrogens is 525 g/mol. The number of alkyl carbamates (subject to hydrolysis) is 1. The van der Waals surface area contributed by atoms with E-state index < -0.39 is 32.2 Å². The lowest BCUT2D eigenvalue weighted by Crippen LogP contribution is -2.37. The van der Waals surface area contributed by atoms with Gasteiger partial charge in [-0.25, -0.2) is 37.3 Å². The number of hydrogen-bond acceptors (Lipinski definition) is 8. The summed E-state index contributed by atoms with van der Waals surface area (Å²) in [5, 5.41) is 5.49. The molecule has 1 atom stereocenters. The number of methoxy groups -OCH3 is 1. The van der Waals surface area contributed by atoms with Crippen LogP contribution in [0.25, 0.3) is 22.6 Å². The van der Waals surface area contributed by atoms with Gasteiger partial charge < -0.3 is 20.4 Å². The minimum atomic E-state index is -4.05. The highest BCUT2D eigenvalue weighted by Crippen LogP contribution is 2.39. The second kappa shape index (κ2) is 11.0. The number of nitrogens with one attached hydrogen (secondary N) is 4. The molecule has 37 heavy (non-hydrogen) atoms. The molecule has 0 radical (unpaired) electrons. The van der Waals surface area contributed by atoms with Crippen molar-refractivity contribution in [3.8, 4) is 22.6 Å².